The minimum absolute atomic E-state index is 0.122. The number of carbonyl (C=O) groups excluding carboxylic acids is 3. The van der Waals surface area contributed by atoms with Gasteiger partial charge in [-0.25, -0.2) is 4.79 Å². The molecule has 0 aromatic carbocycles. The topological polar surface area (TPSA) is 89.9 Å². The molecule has 0 radical (unpaired) electrons. The number of esters is 2. The molecule has 0 aromatic rings. The van der Waals surface area contributed by atoms with Crippen molar-refractivity contribution in [2.75, 3.05) is 7.11 Å². The molecule has 0 aromatic heterocycles. The lowest BCUT2D eigenvalue weighted by molar-refractivity contribution is -0.162. The average Bonchev–Trinajstić information content (AvgIpc) is 2.04. The van der Waals surface area contributed by atoms with Gasteiger partial charge in [-0.15, -0.1) is 0 Å². The van der Waals surface area contributed by atoms with Crippen molar-refractivity contribution < 1.29 is 29.0 Å². The SMILES string of the molecule is COC(=O)CC(O)C(=O)OC=O. The van der Waals surface area contributed by atoms with E-state index < -0.39 is 24.5 Å². The van der Waals surface area contributed by atoms with Crippen molar-refractivity contribution in [3.05, 3.63) is 0 Å². The van der Waals surface area contributed by atoms with Gasteiger partial charge in [-0.3, -0.25) is 9.59 Å². The molecule has 0 amide bonds. The molecule has 0 saturated heterocycles. The van der Waals surface area contributed by atoms with Crippen LogP contribution < -0.4 is 0 Å². The number of aliphatic hydroxyl groups is 1. The summed E-state index contributed by atoms with van der Waals surface area (Å²) in [5, 5.41) is 8.82. The third-order valence-electron chi connectivity index (χ3n) is 1.02. The summed E-state index contributed by atoms with van der Waals surface area (Å²) >= 11 is 0. The van der Waals surface area contributed by atoms with E-state index in [9.17, 15) is 14.4 Å². The van der Waals surface area contributed by atoms with E-state index in [4.69, 9.17) is 5.11 Å². The second kappa shape index (κ2) is 5.25. The number of ether oxygens (including phenoxy) is 2. The summed E-state index contributed by atoms with van der Waals surface area (Å²) in [5.74, 6) is -1.93. The summed E-state index contributed by atoms with van der Waals surface area (Å²) in [5.41, 5.74) is 0. The molecule has 0 bridgehead atoms. The van der Waals surface area contributed by atoms with E-state index >= 15 is 0 Å². The van der Waals surface area contributed by atoms with Crippen LogP contribution in [0.25, 0.3) is 0 Å². The average molecular weight is 176 g/mol. The minimum atomic E-state index is -1.65. The van der Waals surface area contributed by atoms with Crippen LogP contribution in [0.15, 0.2) is 0 Å². The lowest BCUT2D eigenvalue weighted by Gasteiger charge is -2.04. The van der Waals surface area contributed by atoms with E-state index in [1.807, 2.05) is 0 Å². The third-order valence-corrected chi connectivity index (χ3v) is 1.02. The van der Waals surface area contributed by atoms with Gasteiger partial charge in [0.1, 0.15) is 0 Å². The van der Waals surface area contributed by atoms with E-state index in [2.05, 4.69) is 9.47 Å². The van der Waals surface area contributed by atoms with Gasteiger partial charge in [0.15, 0.2) is 6.10 Å². The highest BCUT2D eigenvalue weighted by molar-refractivity contribution is 5.84. The Hall–Kier alpha value is -1.43. The molecular formula is C6H8O6. The van der Waals surface area contributed by atoms with Crippen molar-refractivity contribution in [1.82, 2.24) is 0 Å². The number of carbonyl (C=O) groups is 3. The fourth-order valence-corrected chi connectivity index (χ4v) is 0.450. The molecule has 12 heavy (non-hydrogen) atoms. The Morgan fingerprint density at radius 3 is 2.58 bits per heavy atom. The minimum Gasteiger partial charge on any atom is -0.469 e. The van der Waals surface area contributed by atoms with Crippen molar-refractivity contribution in [2.24, 2.45) is 0 Å². The summed E-state index contributed by atoms with van der Waals surface area (Å²) in [7, 11) is 1.11. The zero-order valence-corrected chi connectivity index (χ0v) is 6.35. The smallest absolute Gasteiger partial charge is 0.343 e. The highest BCUT2D eigenvalue weighted by atomic mass is 16.6. The number of hydrogen-bond acceptors (Lipinski definition) is 6. The Morgan fingerprint density at radius 1 is 1.58 bits per heavy atom. The molecule has 0 rings (SSSR count). The van der Waals surface area contributed by atoms with E-state index in [1.54, 1.807) is 0 Å². The van der Waals surface area contributed by atoms with Crippen LogP contribution in [0, 0.1) is 0 Å². The molecule has 0 spiro atoms. The molecular weight excluding hydrogens is 168 g/mol. The Balaban J connectivity index is 3.85. The second-order valence-electron chi connectivity index (χ2n) is 1.83. The van der Waals surface area contributed by atoms with Gasteiger partial charge in [0.2, 0.25) is 0 Å². The largest absolute Gasteiger partial charge is 0.469 e. The van der Waals surface area contributed by atoms with Crippen molar-refractivity contribution in [1.29, 1.82) is 0 Å². The van der Waals surface area contributed by atoms with Crippen LogP contribution in [0.4, 0.5) is 0 Å². The van der Waals surface area contributed by atoms with Crippen LogP contribution in [0.2, 0.25) is 0 Å². The normalized spacial score (nSPS) is 11.5. The van der Waals surface area contributed by atoms with Crippen LogP contribution in [0.3, 0.4) is 0 Å². The maximum atomic E-state index is 10.5. The summed E-state index contributed by atoms with van der Waals surface area (Å²) in [6.07, 6.45) is -2.17. The van der Waals surface area contributed by atoms with Crippen LogP contribution in [0.5, 0.6) is 0 Å². The summed E-state index contributed by atoms with van der Waals surface area (Å²) in [6.45, 7) is -0.122. The molecule has 0 saturated carbocycles. The van der Waals surface area contributed by atoms with Crippen molar-refractivity contribution in [3.8, 4) is 0 Å². The van der Waals surface area contributed by atoms with E-state index in [0.29, 0.717) is 0 Å². The highest BCUT2D eigenvalue weighted by Crippen LogP contribution is 1.95. The molecule has 0 aliphatic carbocycles. The lowest BCUT2D eigenvalue weighted by Crippen LogP contribution is -2.26. The number of methoxy groups -OCH3 is 1. The number of rotatable bonds is 4. The first kappa shape index (κ1) is 10.6. The second-order valence-corrected chi connectivity index (χ2v) is 1.83. The molecule has 1 unspecified atom stereocenters. The molecule has 1 atom stereocenters. The summed E-state index contributed by atoms with van der Waals surface area (Å²) in [6, 6.07) is 0. The molecule has 0 heterocycles. The maximum Gasteiger partial charge on any atom is 0.343 e. The van der Waals surface area contributed by atoms with Gasteiger partial charge in [0, 0.05) is 0 Å². The van der Waals surface area contributed by atoms with E-state index in [1.165, 1.54) is 0 Å². The number of hydrogen-bond donors (Lipinski definition) is 1. The fraction of sp³-hybridized carbons (Fsp3) is 0.500. The summed E-state index contributed by atoms with van der Waals surface area (Å²) in [4.78, 5) is 30.5. The standard InChI is InChI=1S/C6H8O6/c1-11-5(9)2-4(8)6(10)12-3-7/h3-4,8H,2H2,1H3. The predicted octanol–water partition coefficient (Wildman–Crippen LogP) is -1.39. The summed E-state index contributed by atoms with van der Waals surface area (Å²) < 4.78 is 7.93. The van der Waals surface area contributed by atoms with Gasteiger partial charge in [-0.05, 0) is 0 Å². The first-order valence-electron chi connectivity index (χ1n) is 3.00. The van der Waals surface area contributed by atoms with Crippen LogP contribution in [0.1, 0.15) is 6.42 Å². The van der Waals surface area contributed by atoms with Gasteiger partial charge >= 0.3 is 18.4 Å². The molecule has 1 N–H and O–H groups in total. The monoisotopic (exact) mass is 176 g/mol. The third kappa shape index (κ3) is 3.67. The van der Waals surface area contributed by atoms with Gasteiger partial charge in [-0.2, -0.15) is 0 Å². The van der Waals surface area contributed by atoms with E-state index in [-0.39, 0.29) is 6.47 Å². The van der Waals surface area contributed by atoms with Crippen molar-refractivity contribution in [3.63, 3.8) is 0 Å². The first-order chi connectivity index (χ1) is 5.61. The maximum absolute atomic E-state index is 10.5. The zero-order chi connectivity index (χ0) is 9.56. The van der Waals surface area contributed by atoms with Gasteiger partial charge in [0.05, 0.1) is 13.5 Å². The Bertz CT molecular complexity index is 186. The van der Waals surface area contributed by atoms with Crippen LogP contribution >= 0.6 is 0 Å². The van der Waals surface area contributed by atoms with Crippen molar-refractivity contribution in [2.45, 2.75) is 12.5 Å². The number of aliphatic hydroxyl groups excluding tert-OH is 1. The Labute approximate surface area is 68.1 Å². The van der Waals surface area contributed by atoms with Gasteiger partial charge < -0.3 is 14.6 Å². The van der Waals surface area contributed by atoms with Gasteiger partial charge in [-0.1, -0.05) is 0 Å². The van der Waals surface area contributed by atoms with Crippen LogP contribution in [-0.2, 0) is 23.9 Å². The first-order valence-corrected chi connectivity index (χ1v) is 3.00. The molecule has 0 fully saturated rings. The highest BCUT2D eigenvalue weighted by Gasteiger charge is 2.20. The molecule has 0 aliphatic heterocycles. The molecule has 6 nitrogen and oxygen atoms in total. The lowest BCUT2D eigenvalue weighted by atomic mass is 10.2. The van der Waals surface area contributed by atoms with Crippen molar-refractivity contribution >= 4 is 18.4 Å². The van der Waals surface area contributed by atoms with Crippen LogP contribution in [-0.4, -0.2) is 36.7 Å². The predicted molar refractivity (Wildman–Crippen MR) is 34.8 cm³/mol. The Kier molecular flexibility index (Phi) is 4.62. The zero-order valence-electron chi connectivity index (χ0n) is 6.35. The Morgan fingerprint density at radius 2 is 2.17 bits per heavy atom. The molecule has 6 heteroatoms. The fourth-order valence-electron chi connectivity index (χ4n) is 0.450. The molecule has 0 aliphatic rings. The van der Waals surface area contributed by atoms with Gasteiger partial charge in [0.25, 0.3) is 0 Å². The quantitative estimate of drug-likeness (QED) is 0.322. The molecule has 68 valence electrons. The van der Waals surface area contributed by atoms with E-state index in [0.717, 1.165) is 7.11 Å².